The predicted octanol–water partition coefficient (Wildman–Crippen LogP) is 5.32. The second-order valence-electron chi connectivity index (χ2n) is 8.17. The van der Waals surface area contributed by atoms with Crippen molar-refractivity contribution in [2.75, 3.05) is 6.61 Å². The minimum Gasteiger partial charge on any atom is -0.449 e. The Labute approximate surface area is 182 Å². The number of rotatable bonds is 8. The van der Waals surface area contributed by atoms with Crippen molar-refractivity contribution in [3.05, 3.63) is 66.1 Å². The highest BCUT2D eigenvalue weighted by atomic mass is 16.5. The van der Waals surface area contributed by atoms with E-state index in [1.165, 1.54) is 19.3 Å². The van der Waals surface area contributed by atoms with E-state index in [0.717, 1.165) is 18.4 Å². The van der Waals surface area contributed by atoms with E-state index in [4.69, 9.17) is 9.15 Å². The molecule has 0 spiro atoms. The number of hydrogen-bond acceptors (Lipinski definition) is 5. The van der Waals surface area contributed by atoms with Crippen molar-refractivity contribution in [3.8, 4) is 0 Å². The van der Waals surface area contributed by atoms with Gasteiger partial charge in [0.05, 0.1) is 6.61 Å². The Morgan fingerprint density at radius 3 is 2.55 bits per heavy atom. The van der Waals surface area contributed by atoms with Crippen LogP contribution in [-0.4, -0.2) is 29.5 Å². The molecule has 31 heavy (non-hydrogen) atoms. The van der Waals surface area contributed by atoms with Crippen LogP contribution in [0.25, 0.3) is 11.1 Å². The molecule has 2 aromatic carbocycles. The van der Waals surface area contributed by atoms with Gasteiger partial charge in [-0.15, -0.1) is 0 Å². The van der Waals surface area contributed by atoms with Gasteiger partial charge in [-0.25, -0.2) is 9.78 Å². The van der Waals surface area contributed by atoms with E-state index in [1.54, 1.807) is 12.1 Å². The van der Waals surface area contributed by atoms with Crippen molar-refractivity contribution in [2.24, 2.45) is 5.92 Å². The molecule has 1 unspecified atom stereocenters. The number of aryl methyl sites for hydroxylation is 1. The molecule has 3 aromatic rings. The quantitative estimate of drug-likeness (QED) is 0.499. The van der Waals surface area contributed by atoms with Crippen LogP contribution in [-0.2, 0) is 11.2 Å². The van der Waals surface area contributed by atoms with Gasteiger partial charge in [-0.2, -0.15) is 0 Å². The average molecular weight is 421 g/mol. The summed E-state index contributed by atoms with van der Waals surface area (Å²) in [5.74, 6) is 0.0728. The summed E-state index contributed by atoms with van der Waals surface area (Å²) in [4.78, 5) is 29.9. The molecule has 162 valence electrons. The summed E-state index contributed by atoms with van der Waals surface area (Å²) in [5, 5.41) is 2.76. The molecule has 1 N–H and O–H groups in total. The van der Waals surface area contributed by atoms with Crippen LogP contribution >= 0.6 is 0 Å². The number of amides is 1. The molecule has 6 nitrogen and oxygen atoms in total. The maximum absolute atomic E-state index is 13.2. The molecule has 6 heteroatoms. The fourth-order valence-electron chi connectivity index (χ4n) is 4.08. The van der Waals surface area contributed by atoms with Crippen LogP contribution in [0.15, 0.2) is 59.0 Å². The number of ether oxygens (including phenoxy) is 1. The van der Waals surface area contributed by atoms with E-state index in [-0.39, 0.29) is 11.7 Å². The summed E-state index contributed by atoms with van der Waals surface area (Å²) >= 11 is 0. The fourth-order valence-corrected chi connectivity index (χ4v) is 4.08. The number of hydrogen-bond donors (Lipinski definition) is 1. The van der Waals surface area contributed by atoms with E-state index < -0.39 is 12.1 Å². The topological polar surface area (TPSA) is 81.4 Å². The number of oxazole rings is 1. The minimum absolute atomic E-state index is 0.00634. The van der Waals surface area contributed by atoms with E-state index >= 15 is 0 Å². The first-order chi connectivity index (χ1) is 15.2. The number of nitrogens with one attached hydrogen (secondary N) is 1. The molecule has 1 saturated carbocycles. The summed E-state index contributed by atoms with van der Waals surface area (Å²) in [5.41, 5.74) is 2.26. The van der Waals surface area contributed by atoms with Gasteiger partial charge in [-0.1, -0.05) is 61.7 Å². The molecule has 0 radical (unpaired) electrons. The largest absolute Gasteiger partial charge is 0.449 e. The molecular formula is C25H28N2O4. The van der Waals surface area contributed by atoms with Crippen LogP contribution in [0.1, 0.15) is 54.8 Å². The Morgan fingerprint density at radius 1 is 1.03 bits per heavy atom. The molecule has 4 rings (SSSR count). The Bertz CT molecular complexity index is 976. The Balaban J connectivity index is 1.43. The molecule has 1 aliphatic carbocycles. The number of alkyl carbamates (subject to hydrolysis) is 1. The molecule has 1 fully saturated rings. The molecule has 1 aliphatic rings. The second-order valence-corrected chi connectivity index (χ2v) is 8.17. The van der Waals surface area contributed by atoms with Gasteiger partial charge in [0.1, 0.15) is 11.6 Å². The zero-order valence-corrected chi connectivity index (χ0v) is 17.6. The lowest BCUT2D eigenvalue weighted by atomic mass is 9.90. The summed E-state index contributed by atoms with van der Waals surface area (Å²) in [7, 11) is 0. The van der Waals surface area contributed by atoms with Gasteiger partial charge in [0.15, 0.2) is 5.58 Å². The van der Waals surface area contributed by atoms with Crippen LogP contribution in [0.3, 0.4) is 0 Å². The highest BCUT2D eigenvalue weighted by Gasteiger charge is 2.27. The number of ketones is 1. The highest BCUT2D eigenvalue weighted by Crippen LogP contribution is 2.24. The van der Waals surface area contributed by atoms with Gasteiger partial charge in [-0.3, -0.25) is 4.79 Å². The van der Waals surface area contributed by atoms with E-state index in [1.807, 2.05) is 42.5 Å². The molecule has 0 saturated heterocycles. The number of aromatic nitrogens is 1. The zero-order valence-electron chi connectivity index (χ0n) is 17.6. The number of carbonyl (C=O) groups is 2. The first kappa shape index (κ1) is 21.1. The Hall–Kier alpha value is -3.15. The molecule has 1 heterocycles. The number of Topliss-reactive ketones (excluding diaryl/α,β-unsaturated/α-hetero) is 1. The number of nitrogens with zero attached hydrogens (tertiary/aromatic N) is 1. The second kappa shape index (κ2) is 10.2. The van der Waals surface area contributed by atoms with Crippen molar-refractivity contribution in [3.63, 3.8) is 0 Å². The summed E-state index contributed by atoms with van der Waals surface area (Å²) in [6.07, 6.45) is 6.31. The smallest absolute Gasteiger partial charge is 0.407 e. The van der Waals surface area contributed by atoms with Crippen molar-refractivity contribution >= 4 is 23.0 Å². The Morgan fingerprint density at radius 2 is 1.77 bits per heavy atom. The number of fused-ring (bicyclic) bond motifs is 1. The standard InChI is InChI=1S/C25H28N2O4/c28-23(24-26-20-13-7-8-14-22(20)31-24)21(16-15-18-9-3-1-4-10-18)27-25(29)30-17-19-11-5-2-6-12-19/h1,3-4,7-10,13-14,19,21H,2,5-6,11-12,15-17H2,(H,27,29). The van der Waals surface area contributed by atoms with Crippen LogP contribution in [0, 0.1) is 5.92 Å². The van der Waals surface area contributed by atoms with Gasteiger partial charge in [0, 0.05) is 0 Å². The zero-order chi connectivity index (χ0) is 21.5. The van der Waals surface area contributed by atoms with Crippen molar-refractivity contribution in [1.29, 1.82) is 0 Å². The van der Waals surface area contributed by atoms with E-state index in [0.29, 0.717) is 36.5 Å². The molecule has 1 aromatic heterocycles. The van der Waals surface area contributed by atoms with Crippen LogP contribution in [0.4, 0.5) is 4.79 Å². The van der Waals surface area contributed by atoms with Crippen LogP contribution in [0.2, 0.25) is 0 Å². The molecule has 0 bridgehead atoms. The molecule has 0 aliphatic heterocycles. The number of para-hydroxylation sites is 2. The molecule has 1 amide bonds. The third-order valence-corrected chi connectivity index (χ3v) is 5.85. The average Bonchev–Trinajstić information content (AvgIpc) is 3.26. The maximum atomic E-state index is 13.2. The number of carbonyl (C=O) groups excluding carboxylic acids is 2. The SMILES string of the molecule is O=C(NC(CCc1ccccc1)C(=O)c1nc2ccccc2o1)OCC1CCCCC1. The van der Waals surface area contributed by atoms with Crippen molar-refractivity contribution in [1.82, 2.24) is 10.3 Å². The van der Waals surface area contributed by atoms with Gasteiger partial charge in [-0.05, 0) is 49.3 Å². The van der Waals surface area contributed by atoms with Crippen molar-refractivity contribution in [2.45, 2.75) is 51.0 Å². The minimum atomic E-state index is -0.771. The van der Waals surface area contributed by atoms with E-state index in [9.17, 15) is 9.59 Å². The molecular weight excluding hydrogens is 392 g/mol. The van der Waals surface area contributed by atoms with Crippen LogP contribution in [0.5, 0.6) is 0 Å². The summed E-state index contributed by atoms with van der Waals surface area (Å²) in [6, 6.07) is 16.3. The normalized spacial score (nSPS) is 15.5. The predicted molar refractivity (Wildman–Crippen MR) is 118 cm³/mol. The Kier molecular flexibility index (Phi) is 6.97. The number of benzene rings is 2. The third-order valence-electron chi connectivity index (χ3n) is 5.85. The highest BCUT2D eigenvalue weighted by molar-refractivity contribution is 5.99. The fraction of sp³-hybridized carbons (Fsp3) is 0.400. The lowest BCUT2D eigenvalue weighted by molar-refractivity contribution is 0.0861. The summed E-state index contributed by atoms with van der Waals surface area (Å²) in [6.45, 7) is 0.397. The first-order valence-electron chi connectivity index (χ1n) is 11.1. The van der Waals surface area contributed by atoms with Gasteiger partial charge < -0.3 is 14.5 Å². The monoisotopic (exact) mass is 420 g/mol. The lowest BCUT2D eigenvalue weighted by Gasteiger charge is -2.22. The van der Waals surface area contributed by atoms with Crippen molar-refractivity contribution < 1.29 is 18.7 Å². The lowest BCUT2D eigenvalue weighted by Crippen LogP contribution is -2.42. The maximum Gasteiger partial charge on any atom is 0.407 e. The third kappa shape index (κ3) is 5.72. The first-order valence-corrected chi connectivity index (χ1v) is 11.1. The van der Waals surface area contributed by atoms with Crippen LogP contribution < -0.4 is 5.32 Å². The van der Waals surface area contributed by atoms with Gasteiger partial charge in [0.25, 0.3) is 5.89 Å². The summed E-state index contributed by atoms with van der Waals surface area (Å²) < 4.78 is 11.1. The van der Waals surface area contributed by atoms with E-state index in [2.05, 4.69) is 10.3 Å². The van der Waals surface area contributed by atoms with Gasteiger partial charge in [0.2, 0.25) is 5.78 Å². The van der Waals surface area contributed by atoms with Gasteiger partial charge >= 0.3 is 6.09 Å². The molecule has 1 atom stereocenters.